The van der Waals surface area contributed by atoms with Gasteiger partial charge in [0.05, 0.1) is 5.69 Å². The summed E-state index contributed by atoms with van der Waals surface area (Å²) in [4.78, 5) is 11.9. The van der Waals surface area contributed by atoms with Crippen molar-refractivity contribution in [3.63, 3.8) is 0 Å². The Bertz CT molecular complexity index is 807. The summed E-state index contributed by atoms with van der Waals surface area (Å²) in [6.45, 7) is 0. The molecule has 0 saturated carbocycles. The van der Waals surface area contributed by atoms with Gasteiger partial charge in [0.25, 0.3) is 0 Å². The molecular formula is C16H14ClN5OS. The molecule has 122 valence electrons. The van der Waals surface area contributed by atoms with E-state index in [0.29, 0.717) is 22.4 Å². The number of rotatable bonds is 6. The fourth-order valence-electron chi connectivity index (χ4n) is 1.99. The Hall–Kier alpha value is -2.38. The molecule has 0 atom stereocenters. The third kappa shape index (κ3) is 4.33. The predicted molar refractivity (Wildman–Crippen MR) is 94.6 cm³/mol. The molecular weight excluding hydrogens is 346 g/mol. The summed E-state index contributed by atoms with van der Waals surface area (Å²) in [5.74, 6) is 0.534. The number of benzene rings is 2. The van der Waals surface area contributed by atoms with Crippen LogP contribution in [-0.2, 0) is 4.79 Å². The number of hydrogen-bond acceptors (Lipinski definition) is 5. The van der Waals surface area contributed by atoms with E-state index in [1.165, 1.54) is 11.8 Å². The van der Waals surface area contributed by atoms with Gasteiger partial charge in [-0.15, -0.1) is 5.10 Å². The highest BCUT2D eigenvalue weighted by Gasteiger charge is 2.10. The normalized spacial score (nSPS) is 10.5. The van der Waals surface area contributed by atoms with Gasteiger partial charge in [0.1, 0.15) is 0 Å². The summed E-state index contributed by atoms with van der Waals surface area (Å²) in [5, 5.41) is 15.8. The molecule has 6 nitrogen and oxygen atoms in total. The van der Waals surface area contributed by atoms with Crippen LogP contribution in [0.15, 0.2) is 59.8 Å². The van der Waals surface area contributed by atoms with Crippen molar-refractivity contribution in [3.05, 3.63) is 59.6 Å². The van der Waals surface area contributed by atoms with E-state index in [-0.39, 0.29) is 5.91 Å². The minimum atomic E-state index is -0.0424. The summed E-state index contributed by atoms with van der Waals surface area (Å²) >= 11 is 7.31. The second-order valence-corrected chi connectivity index (χ2v) is 6.36. The van der Waals surface area contributed by atoms with Crippen molar-refractivity contribution in [2.24, 2.45) is 0 Å². The Balaban J connectivity index is 1.55. The van der Waals surface area contributed by atoms with Crippen LogP contribution >= 0.6 is 23.4 Å². The van der Waals surface area contributed by atoms with E-state index in [4.69, 9.17) is 11.6 Å². The number of halogens is 1. The molecule has 0 unspecified atom stereocenters. The molecule has 1 N–H and O–H groups in total. The molecule has 0 aliphatic rings. The van der Waals surface area contributed by atoms with Crippen LogP contribution in [-0.4, -0.2) is 31.9 Å². The van der Waals surface area contributed by atoms with Gasteiger partial charge in [-0.1, -0.05) is 41.6 Å². The smallest absolute Gasteiger partial charge is 0.225 e. The zero-order chi connectivity index (χ0) is 16.8. The second kappa shape index (κ2) is 7.94. The highest BCUT2D eigenvalue weighted by atomic mass is 35.5. The first-order valence-electron chi connectivity index (χ1n) is 7.24. The molecule has 0 spiro atoms. The van der Waals surface area contributed by atoms with Gasteiger partial charge in [-0.2, -0.15) is 4.68 Å². The maximum Gasteiger partial charge on any atom is 0.225 e. The molecule has 1 aromatic heterocycles. The first kappa shape index (κ1) is 16.5. The van der Waals surface area contributed by atoms with E-state index >= 15 is 0 Å². The van der Waals surface area contributed by atoms with E-state index in [1.54, 1.807) is 16.8 Å². The zero-order valence-corrected chi connectivity index (χ0v) is 14.2. The Kier molecular flexibility index (Phi) is 5.45. The zero-order valence-electron chi connectivity index (χ0n) is 12.6. The number of carbonyl (C=O) groups is 1. The second-order valence-electron chi connectivity index (χ2n) is 4.86. The molecule has 0 bridgehead atoms. The molecule has 0 saturated heterocycles. The van der Waals surface area contributed by atoms with Crippen LogP contribution in [0.2, 0.25) is 5.02 Å². The number of thioether (sulfide) groups is 1. The van der Waals surface area contributed by atoms with E-state index < -0.39 is 0 Å². The number of nitrogens with one attached hydrogen (secondary N) is 1. The van der Waals surface area contributed by atoms with Crippen molar-refractivity contribution in [2.45, 2.75) is 11.6 Å². The van der Waals surface area contributed by atoms with Gasteiger partial charge in [0.2, 0.25) is 11.1 Å². The average molecular weight is 360 g/mol. The van der Waals surface area contributed by atoms with Gasteiger partial charge in [0, 0.05) is 22.9 Å². The summed E-state index contributed by atoms with van der Waals surface area (Å²) < 4.78 is 1.62. The van der Waals surface area contributed by atoms with Crippen molar-refractivity contribution in [1.82, 2.24) is 20.2 Å². The number of aromatic nitrogens is 4. The van der Waals surface area contributed by atoms with E-state index in [9.17, 15) is 4.79 Å². The van der Waals surface area contributed by atoms with Crippen LogP contribution in [0.3, 0.4) is 0 Å². The van der Waals surface area contributed by atoms with Gasteiger partial charge >= 0.3 is 0 Å². The topological polar surface area (TPSA) is 72.7 Å². The monoisotopic (exact) mass is 359 g/mol. The summed E-state index contributed by atoms with van der Waals surface area (Å²) in [6.07, 6.45) is 0.368. The first-order valence-corrected chi connectivity index (χ1v) is 8.61. The van der Waals surface area contributed by atoms with Crippen molar-refractivity contribution in [1.29, 1.82) is 0 Å². The van der Waals surface area contributed by atoms with Gasteiger partial charge in [-0.05, 0) is 46.8 Å². The van der Waals surface area contributed by atoms with Crippen LogP contribution in [0.5, 0.6) is 0 Å². The number of tetrazole rings is 1. The van der Waals surface area contributed by atoms with Crippen LogP contribution in [0.1, 0.15) is 6.42 Å². The number of amides is 1. The third-order valence-electron chi connectivity index (χ3n) is 3.13. The summed E-state index contributed by atoms with van der Waals surface area (Å²) in [5.41, 5.74) is 1.61. The lowest BCUT2D eigenvalue weighted by Crippen LogP contribution is -2.12. The van der Waals surface area contributed by atoms with Crippen LogP contribution < -0.4 is 5.32 Å². The van der Waals surface area contributed by atoms with E-state index in [2.05, 4.69) is 20.8 Å². The lowest BCUT2D eigenvalue weighted by molar-refractivity contribution is -0.115. The quantitative estimate of drug-likeness (QED) is 0.682. The van der Waals surface area contributed by atoms with E-state index in [1.807, 2.05) is 42.5 Å². The molecule has 3 aromatic rings. The Morgan fingerprint density at radius 1 is 1.12 bits per heavy atom. The van der Waals surface area contributed by atoms with Crippen molar-refractivity contribution in [2.75, 3.05) is 11.1 Å². The highest BCUT2D eigenvalue weighted by Crippen LogP contribution is 2.20. The molecule has 3 rings (SSSR count). The first-order chi connectivity index (χ1) is 11.7. The lowest BCUT2D eigenvalue weighted by Gasteiger charge is -2.05. The lowest BCUT2D eigenvalue weighted by atomic mass is 10.3. The van der Waals surface area contributed by atoms with Gasteiger partial charge in [-0.25, -0.2) is 0 Å². The minimum absolute atomic E-state index is 0.0424. The number of nitrogens with zero attached hydrogens (tertiary/aromatic N) is 4. The Morgan fingerprint density at radius 3 is 2.62 bits per heavy atom. The Labute approximate surface area is 148 Å². The molecule has 0 fully saturated rings. The molecule has 2 aromatic carbocycles. The fraction of sp³-hybridized carbons (Fsp3) is 0.125. The third-order valence-corrected chi connectivity index (χ3v) is 4.30. The Morgan fingerprint density at radius 2 is 1.88 bits per heavy atom. The number of carbonyl (C=O) groups excluding carboxylic acids is 1. The minimum Gasteiger partial charge on any atom is -0.326 e. The van der Waals surface area contributed by atoms with Crippen molar-refractivity contribution < 1.29 is 4.79 Å². The molecule has 8 heteroatoms. The number of anilines is 1. The molecule has 1 amide bonds. The van der Waals surface area contributed by atoms with Crippen LogP contribution in [0, 0.1) is 0 Å². The number of para-hydroxylation sites is 1. The van der Waals surface area contributed by atoms with Crippen LogP contribution in [0.25, 0.3) is 5.69 Å². The van der Waals surface area contributed by atoms with Gasteiger partial charge < -0.3 is 5.32 Å². The molecule has 0 radical (unpaired) electrons. The summed E-state index contributed by atoms with van der Waals surface area (Å²) in [6, 6.07) is 16.6. The number of hydrogen-bond donors (Lipinski definition) is 1. The average Bonchev–Trinajstić information content (AvgIpc) is 3.05. The predicted octanol–water partition coefficient (Wildman–Crippen LogP) is 3.44. The van der Waals surface area contributed by atoms with E-state index in [0.717, 1.165) is 11.4 Å². The molecule has 1 heterocycles. The van der Waals surface area contributed by atoms with Crippen LogP contribution in [0.4, 0.5) is 5.69 Å². The van der Waals surface area contributed by atoms with Crippen molar-refractivity contribution in [3.8, 4) is 5.69 Å². The summed E-state index contributed by atoms with van der Waals surface area (Å²) in [7, 11) is 0. The van der Waals surface area contributed by atoms with Gasteiger partial charge in [0.15, 0.2) is 0 Å². The SMILES string of the molecule is O=C(CCSc1nnnn1-c1ccc(Cl)cc1)Nc1ccccc1. The standard InChI is InChI=1S/C16H14ClN5OS/c17-12-6-8-14(9-7-12)22-16(19-20-21-22)24-11-10-15(23)18-13-4-2-1-3-5-13/h1-9H,10-11H2,(H,18,23). The fourth-order valence-corrected chi connectivity index (χ4v) is 2.95. The molecule has 0 aliphatic carbocycles. The van der Waals surface area contributed by atoms with Gasteiger partial charge in [-0.3, -0.25) is 4.79 Å². The molecule has 24 heavy (non-hydrogen) atoms. The van der Waals surface area contributed by atoms with Crippen molar-refractivity contribution >= 4 is 35.0 Å². The largest absolute Gasteiger partial charge is 0.326 e. The maximum absolute atomic E-state index is 11.9. The highest BCUT2D eigenvalue weighted by molar-refractivity contribution is 7.99. The maximum atomic E-state index is 11.9. The molecule has 0 aliphatic heterocycles.